The van der Waals surface area contributed by atoms with E-state index in [1.54, 1.807) is 0 Å². The summed E-state index contributed by atoms with van der Waals surface area (Å²) >= 11 is 0. The fourth-order valence-electron chi connectivity index (χ4n) is 2.02. The van der Waals surface area contributed by atoms with Crippen LogP contribution in [0, 0.1) is 0 Å². The van der Waals surface area contributed by atoms with Gasteiger partial charge < -0.3 is 5.32 Å². The molecule has 0 saturated carbocycles. The second-order valence-corrected chi connectivity index (χ2v) is 4.28. The fourth-order valence-corrected chi connectivity index (χ4v) is 2.02. The van der Waals surface area contributed by atoms with Gasteiger partial charge in [-0.05, 0) is 32.0 Å². The molecule has 3 heteroatoms. The Labute approximate surface area is 102 Å². The van der Waals surface area contributed by atoms with Gasteiger partial charge in [-0.1, -0.05) is 25.1 Å². The van der Waals surface area contributed by atoms with E-state index in [1.165, 1.54) is 11.1 Å². The van der Waals surface area contributed by atoms with Crippen LogP contribution in [0.1, 0.15) is 31.4 Å². The van der Waals surface area contributed by atoms with Crippen molar-refractivity contribution in [3.05, 3.63) is 48.3 Å². The third-order valence-electron chi connectivity index (χ3n) is 3.17. The smallest absolute Gasteiger partial charge is 0.0709 e. The van der Waals surface area contributed by atoms with E-state index in [4.69, 9.17) is 0 Å². The Bertz CT molecular complexity index is 513. The molecule has 2 aromatic rings. The normalized spacial score (nSPS) is 12.8. The van der Waals surface area contributed by atoms with Crippen LogP contribution in [0.25, 0.3) is 5.52 Å². The molecule has 0 bridgehead atoms. The summed E-state index contributed by atoms with van der Waals surface area (Å²) in [5.74, 6) is 0. The number of nitrogens with zero attached hydrogens (tertiary/aromatic N) is 2. The highest BCUT2D eigenvalue weighted by Gasteiger charge is 2.14. The molecule has 0 spiro atoms. The van der Waals surface area contributed by atoms with Crippen molar-refractivity contribution >= 4 is 5.52 Å². The average molecular weight is 229 g/mol. The highest BCUT2D eigenvalue weighted by atomic mass is 15.2. The average Bonchev–Trinajstić information content (AvgIpc) is 2.79. The number of fused-ring (bicyclic) bond motifs is 1. The van der Waals surface area contributed by atoms with Crippen molar-refractivity contribution in [1.82, 2.24) is 14.9 Å². The van der Waals surface area contributed by atoms with E-state index >= 15 is 0 Å². The first-order valence-corrected chi connectivity index (χ1v) is 6.02. The van der Waals surface area contributed by atoms with Gasteiger partial charge in [0.15, 0.2) is 0 Å². The first-order valence-electron chi connectivity index (χ1n) is 6.02. The van der Waals surface area contributed by atoms with Crippen molar-refractivity contribution in [2.75, 3.05) is 7.05 Å². The third-order valence-corrected chi connectivity index (χ3v) is 3.17. The van der Waals surface area contributed by atoms with Gasteiger partial charge in [0.05, 0.1) is 11.7 Å². The van der Waals surface area contributed by atoms with E-state index in [1.807, 2.05) is 36.1 Å². The summed E-state index contributed by atoms with van der Waals surface area (Å²) in [6.45, 7) is 6.23. The lowest BCUT2D eigenvalue weighted by Crippen LogP contribution is -2.16. The lowest BCUT2D eigenvalue weighted by atomic mass is 10.00. The van der Waals surface area contributed by atoms with Crippen LogP contribution in [0.4, 0.5) is 0 Å². The van der Waals surface area contributed by atoms with Crippen molar-refractivity contribution in [1.29, 1.82) is 0 Å². The molecule has 0 fully saturated rings. The Balaban J connectivity index is 2.33. The van der Waals surface area contributed by atoms with Crippen molar-refractivity contribution in [2.45, 2.75) is 25.8 Å². The summed E-state index contributed by atoms with van der Waals surface area (Å²) in [6, 6.07) is 6.43. The third kappa shape index (κ3) is 2.39. The predicted molar refractivity (Wildman–Crippen MR) is 71.0 cm³/mol. The molecule has 0 aliphatic carbocycles. The van der Waals surface area contributed by atoms with Gasteiger partial charge in [-0.25, -0.2) is 4.52 Å². The lowest BCUT2D eigenvalue weighted by Gasteiger charge is -2.16. The van der Waals surface area contributed by atoms with Gasteiger partial charge in [-0.15, -0.1) is 0 Å². The van der Waals surface area contributed by atoms with E-state index in [0.29, 0.717) is 6.04 Å². The summed E-state index contributed by atoms with van der Waals surface area (Å²) in [5.41, 5.74) is 3.66. The maximum atomic E-state index is 4.37. The minimum Gasteiger partial charge on any atom is -0.313 e. The second kappa shape index (κ2) is 5.15. The van der Waals surface area contributed by atoms with Crippen LogP contribution >= 0.6 is 0 Å². The van der Waals surface area contributed by atoms with Gasteiger partial charge in [0.25, 0.3) is 0 Å². The molecule has 0 aromatic carbocycles. The van der Waals surface area contributed by atoms with Crippen molar-refractivity contribution in [3.63, 3.8) is 0 Å². The van der Waals surface area contributed by atoms with Crippen LogP contribution in [0.3, 0.4) is 0 Å². The lowest BCUT2D eigenvalue weighted by molar-refractivity contribution is 0.586. The van der Waals surface area contributed by atoms with Gasteiger partial charge in [-0.3, -0.25) is 0 Å². The topological polar surface area (TPSA) is 29.3 Å². The van der Waals surface area contributed by atoms with Crippen LogP contribution in [-0.4, -0.2) is 16.7 Å². The van der Waals surface area contributed by atoms with Gasteiger partial charge >= 0.3 is 0 Å². The minimum absolute atomic E-state index is 0.294. The number of hydrogen-bond acceptors (Lipinski definition) is 2. The van der Waals surface area contributed by atoms with Gasteiger partial charge in [0.2, 0.25) is 0 Å². The maximum absolute atomic E-state index is 4.37. The summed E-state index contributed by atoms with van der Waals surface area (Å²) in [5, 5.41) is 7.72. The fraction of sp³-hybridized carbons (Fsp3) is 0.357. The van der Waals surface area contributed by atoms with Crippen LogP contribution in [0.15, 0.2) is 42.7 Å². The molecule has 3 nitrogen and oxygen atoms in total. The van der Waals surface area contributed by atoms with Crippen molar-refractivity contribution in [2.24, 2.45) is 0 Å². The number of nitrogens with one attached hydrogen (secondary N) is 1. The van der Waals surface area contributed by atoms with Gasteiger partial charge in [-0.2, -0.15) is 5.10 Å². The number of pyridine rings is 1. The van der Waals surface area contributed by atoms with Crippen molar-refractivity contribution in [3.8, 4) is 0 Å². The van der Waals surface area contributed by atoms with E-state index in [2.05, 4.69) is 30.0 Å². The molecule has 1 N–H and O–H groups in total. The van der Waals surface area contributed by atoms with Crippen LogP contribution < -0.4 is 5.32 Å². The van der Waals surface area contributed by atoms with Gasteiger partial charge in [0, 0.05) is 17.8 Å². The molecule has 2 heterocycles. The quantitative estimate of drug-likeness (QED) is 0.799. The summed E-state index contributed by atoms with van der Waals surface area (Å²) < 4.78 is 1.91. The molecule has 0 radical (unpaired) electrons. The molecular formula is C14H19N3. The molecule has 0 amide bonds. The Morgan fingerprint density at radius 3 is 3.06 bits per heavy atom. The highest BCUT2D eigenvalue weighted by Crippen LogP contribution is 2.24. The summed E-state index contributed by atoms with van der Waals surface area (Å²) in [6.07, 6.45) is 5.90. The molecule has 2 aromatic heterocycles. The summed E-state index contributed by atoms with van der Waals surface area (Å²) in [7, 11) is 1.99. The van der Waals surface area contributed by atoms with E-state index in [-0.39, 0.29) is 0 Å². The standard InChI is InChI=1S/C14H19N3/c1-4-11(2)9-13(15-3)12-10-16-17-8-6-5-7-14(12)17/h5-8,10,13,15H,2,4,9H2,1,3H3. The molecule has 0 aliphatic heterocycles. The summed E-state index contributed by atoms with van der Waals surface area (Å²) in [4.78, 5) is 0. The SMILES string of the molecule is C=C(CC)CC(NC)c1cnn2ccccc12. The van der Waals surface area contributed by atoms with Crippen LogP contribution in [0.5, 0.6) is 0 Å². The highest BCUT2D eigenvalue weighted by molar-refractivity contribution is 5.55. The molecule has 2 rings (SSSR count). The minimum atomic E-state index is 0.294. The van der Waals surface area contributed by atoms with Crippen LogP contribution in [0.2, 0.25) is 0 Å². The second-order valence-electron chi connectivity index (χ2n) is 4.28. The molecule has 1 unspecified atom stereocenters. The predicted octanol–water partition coefficient (Wildman–Crippen LogP) is 2.95. The molecular weight excluding hydrogens is 210 g/mol. The monoisotopic (exact) mass is 229 g/mol. The number of aromatic nitrogens is 2. The van der Waals surface area contributed by atoms with Gasteiger partial charge in [0.1, 0.15) is 0 Å². The molecule has 0 aliphatic rings. The number of rotatable bonds is 5. The zero-order valence-corrected chi connectivity index (χ0v) is 10.5. The Hall–Kier alpha value is -1.61. The molecule has 17 heavy (non-hydrogen) atoms. The maximum Gasteiger partial charge on any atom is 0.0709 e. The zero-order chi connectivity index (χ0) is 12.3. The van der Waals surface area contributed by atoms with E-state index in [0.717, 1.165) is 18.4 Å². The molecule has 1 atom stereocenters. The Kier molecular flexibility index (Phi) is 3.59. The molecule has 0 saturated heterocycles. The largest absolute Gasteiger partial charge is 0.313 e. The molecule has 90 valence electrons. The number of hydrogen-bond donors (Lipinski definition) is 1. The Morgan fingerprint density at radius 2 is 2.35 bits per heavy atom. The van der Waals surface area contributed by atoms with E-state index < -0.39 is 0 Å². The Morgan fingerprint density at radius 1 is 1.53 bits per heavy atom. The first kappa shape index (κ1) is 11.9. The van der Waals surface area contributed by atoms with Crippen molar-refractivity contribution < 1.29 is 0 Å². The zero-order valence-electron chi connectivity index (χ0n) is 10.5. The first-order chi connectivity index (χ1) is 8.26. The van der Waals surface area contributed by atoms with Crippen LogP contribution in [-0.2, 0) is 0 Å². The van der Waals surface area contributed by atoms with E-state index in [9.17, 15) is 0 Å².